The summed E-state index contributed by atoms with van der Waals surface area (Å²) in [5, 5.41) is 3.67. The highest BCUT2D eigenvalue weighted by Crippen LogP contribution is 2.30. The monoisotopic (exact) mass is 252 g/mol. The molecule has 0 aromatic rings. The summed E-state index contributed by atoms with van der Waals surface area (Å²) < 4.78 is 0. The van der Waals surface area contributed by atoms with E-state index >= 15 is 0 Å². The Kier molecular flexibility index (Phi) is 4.71. The highest BCUT2D eigenvalue weighted by molar-refractivity contribution is 4.86. The van der Waals surface area contributed by atoms with Crippen LogP contribution in [-0.2, 0) is 0 Å². The fourth-order valence-corrected chi connectivity index (χ4v) is 3.42. The Bertz CT molecular complexity index is 248. The molecule has 106 valence electrons. The second kappa shape index (κ2) is 5.92. The molecular formula is C16H32N2. The third-order valence-corrected chi connectivity index (χ3v) is 4.74. The maximum atomic E-state index is 3.67. The summed E-state index contributed by atoms with van der Waals surface area (Å²) in [4.78, 5) is 2.78. The summed E-state index contributed by atoms with van der Waals surface area (Å²) in [6.45, 7) is 13.1. The second-order valence-corrected chi connectivity index (χ2v) is 7.69. The number of hydrogen-bond donors (Lipinski definition) is 1. The van der Waals surface area contributed by atoms with Crippen molar-refractivity contribution in [3.8, 4) is 0 Å². The molecule has 1 aliphatic carbocycles. The molecule has 1 N–H and O–H groups in total. The van der Waals surface area contributed by atoms with Gasteiger partial charge in [0.1, 0.15) is 0 Å². The highest BCUT2D eigenvalue weighted by atomic mass is 15.2. The van der Waals surface area contributed by atoms with Crippen LogP contribution in [0.4, 0.5) is 0 Å². The third kappa shape index (κ3) is 4.24. The van der Waals surface area contributed by atoms with E-state index in [-0.39, 0.29) is 5.54 Å². The lowest BCUT2D eigenvalue weighted by Gasteiger charge is -2.33. The molecule has 2 heteroatoms. The first-order valence-corrected chi connectivity index (χ1v) is 7.93. The maximum absolute atomic E-state index is 3.67. The molecule has 1 atom stereocenters. The van der Waals surface area contributed by atoms with Gasteiger partial charge in [-0.3, -0.25) is 0 Å². The molecule has 0 amide bonds. The predicted molar refractivity (Wildman–Crippen MR) is 78.9 cm³/mol. The summed E-state index contributed by atoms with van der Waals surface area (Å²) in [5.41, 5.74) is 0.272. The van der Waals surface area contributed by atoms with Gasteiger partial charge in [0.05, 0.1) is 0 Å². The van der Waals surface area contributed by atoms with Crippen LogP contribution in [0.2, 0.25) is 0 Å². The first-order chi connectivity index (χ1) is 8.44. The molecule has 18 heavy (non-hydrogen) atoms. The minimum Gasteiger partial charge on any atom is -0.312 e. The average molecular weight is 252 g/mol. The molecule has 0 bridgehead atoms. The van der Waals surface area contributed by atoms with Crippen LogP contribution in [0.25, 0.3) is 0 Å². The van der Waals surface area contributed by atoms with E-state index in [1.807, 2.05) is 0 Å². The van der Waals surface area contributed by atoms with E-state index in [4.69, 9.17) is 0 Å². The van der Waals surface area contributed by atoms with Crippen LogP contribution >= 0.6 is 0 Å². The van der Waals surface area contributed by atoms with Gasteiger partial charge in [-0.05, 0) is 77.8 Å². The zero-order valence-corrected chi connectivity index (χ0v) is 12.8. The molecule has 1 heterocycles. The van der Waals surface area contributed by atoms with Gasteiger partial charge in [0, 0.05) is 18.1 Å². The Morgan fingerprint density at radius 3 is 2.33 bits per heavy atom. The molecule has 2 fully saturated rings. The molecule has 2 nitrogen and oxygen atoms in total. The summed E-state index contributed by atoms with van der Waals surface area (Å²) >= 11 is 0. The average Bonchev–Trinajstić information content (AvgIpc) is 2.75. The molecule has 0 radical (unpaired) electrons. The van der Waals surface area contributed by atoms with Gasteiger partial charge in [-0.1, -0.05) is 6.92 Å². The first-order valence-electron chi connectivity index (χ1n) is 7.93. The van der Waals surface area contributed by atoms with Crippen LogP contribution < -0.4 is 5.32 Å². The first kappa shape index (κ1) is 14.3. The molecule has 0 spiro atoms. The quantitative estimate of drug-likeness (QED) is 0.829. The lowest BCUT2D eigenvalue weighted by atomic mass is 9.87. The smallest absolute Gasteiger partial charge is 0.00966 e. The van der Waals surface area contributed by atoms with Gasteiger partial charge in [0.2, 0.25) is 0 Å². The Morgan fingerprint density at radius 1 is 1.06 bits per heavy atom. The van der Waals surface area contributed by atoms with Gasteiger partial charge >= 0.3 is 0 Å². The van der Waals surface area contributed by atoms with E-state index < -0.39 is 0 Å². The fourth-order valence-electron chi connectivity index (χ4n) is 3.42. The van der Waals surface area contributed by atoms with Crippen molar-refractivity contribution in [2.75, 3.05) is 19.6 Å². The van der Waals surface area contributed by atoms with E-state index in [2.05, 4.69) is 37.9 Å². The van der Waals surface area contributed by atoms with Crippen LogP contribution in [0.5, 0.6) is 0 Å². The van der Waals surface area contributed by atoms with Crippen LogP contribution in [0.3, 0.4) is 0 Å². The van der Waals surface area contributed by atoms with Gasteiger partial charge in [-0.15, -0.1) is 0 Å². The van der Waals surface area contributed by atoms with Crippen molar-refractivity contribution in [3.63, 3.8) is 0 Å². The number of rotatable bonds is 3. The maximum Gasteiger partial charge on any atom is 0.00966 e. The Hall–Kier alpha value is -0.0800. The standard InChI is InChI=1S/C16H32N2/c1-13-5-7-15(8-6-13)18-10-9-14(12-18)11-17-16(2,3)4/h13-15,17H,5-12H2,1-4H3. The number of nitrogens with one attached hydrogen (secondary N) is 1. The van der Waals surface area contributed by atoms with Gasteiger partial charge in [0.15, 0.2) is 0 Å². The topological polar surface area (TPSA) is 15.3 Å². The van der Waals surface area contributed by atoms with Gasteiger partial charge in [-0.25, -0.2) is 0 Å². The zero-order chi connectivity index (χ0) is 13.2. The van der Waals surface area contributed by atoms with Crippen molar-refractivity contribution in [2.24, 2.45) is 11.8 Å². The van der Waals surface area contributed by atoms with Gasteiger partial charge in [0.25, 0.3) is 0 Å². The van der Waals surface area contributed by atoms with Crippen LogP contribution in [0.1, 0.15) is 59.8 Å². The van der Waals surface area contributed by atoms with Crippen molar-refractivity contribution in [1.82, 2.24) is 10.2 Å². The number of nitrogens with zero attached hydrogens (tertiary/aromatic N) is 1. The molecule has 1 unspecified atom stereocenters. The van der Waals surface area contributed by atoms with E-state index in [0.717, 1.165) is 17.9 Å². The van der Waals surface area contributed by atoms with E-state index in [0.29, 0.717) is 0 Å². The van der Waals surface area contributed by atoms with E-state index in [1.54, 1.807) is 0 Å². The Morgan fingerprint density at radius 2 is 1.72 bits per heavy atom. The molecular weight excluding hydrogens is 220 g/mol. The van der Waals surface area contributed by atoms with Crippen molar-refractivity contribution in [3.05, 3.63) is 0 Å². The lowest BCUT2D eigenvalue weighted by molar-refractivity contribution is 0.163. The molecule has 0 aromatic heterocycles. The van der Waals surface area contributed by atoms with Crippen LogP contribution in [-0.4, -0.2) is 36.1 Å². The largest absolute Gasteiger partial charge is 0.312 e. The third-order valence-electron chi connectivity index (χ3n) is 4.74. The molecule has 2 aliphatic rings. The molecule has 1 saturated carbocycles. The molecule has 1 saturated heterocycles. The normalized spacial score (nSPS) is 35.0. The van der Waals surface area contributed by atoms with Gasteiger partial charge in [-0.2, -0.15) is 0 Å². The molecule has 0 aromatic carbocycles. The minimum absolute atomic E-state index is 0.272. The van der Waals surface area contributed by atoms with Crippen LogP contribution in [0, 0.1) is 11.8 Å². The van der Waals surface area contributed by atoms with Crippen molar-refractivity contribution in [2.45, 2.75) is 71.4 Å². The Balaban J connectivity index is 1.71. The van der Waals surface area contributed by atoms with Crippen molar-refractivity contribution < 1.29 is 0 Å². The predicted octanol–water partition coefficient (Wildman–Crippen LogP) is 3.28. The minimum atomic E-state index is 0.272. The lowest BCUT2D eigenvalue weighted by Crippen LogP contribution is -2.41. The Labute approximate surface area is 114 Å². The number of likely N-dealkylation sites (tertiary alicyclic amines) is 1. The zero-order valence-electron chi connectivity index (χ0n) is 12.8. The SMILES string of the molecule is CC1CCC(N2CCC(CNC(C)(C)C)C2)CC1. The number of hydrogen-bond acceptors (Lipinski definition) is 2. The van der Waals surface area contributed by atoms with Crippen molar-refractivity contribution >= 4 is 0 Å². The summed E-state index contributed by atoms with van der Waals surface area (Å²) in [6.07, 6.45) is 7.19. The second-order valence-electron chi connectivity index (χ2n) is 7.69. The summed E-state index contributed by atoms with van der Waals surface area (Å²) in [5.74, 6) is 1.85. The van der Waals surface area contributed by atoms with Gasteiger partial charge < -0.3 is 10.2 Å². The van der Waals surface area contributed by atoms with E-state index in [1.165, 1.54) is 51.7 Å². The van der Waals surface area contributed by atoms with E-state index in [9.17, 15) is 0 Å². The molecule has 1 aliphatic heterocycles. The molecule has 2 rings (SSSR count). The fraction of sp³-hybridized carbons (Fsp3) is 1.00. The summed E-state index contributed by atoms with van der Waals surface area (Å²) in [6, 6.07) is 0.904. The summed E-state index contributed by atoms with van der Waals surface area (Å²) in [7, 11) is 0. The highest BCUT2D eigenvalue weighted by Gasteiger charge is 2.30. The van der Waals surface area contributed by atoms with Crippen LogP contribution in [0.15, 0.2) is 0 Å². The van der Waals surface area contributed by atoms with Crippen molar-refractivity contribution in [1.29, 1.82) is 0 Å².